The Bertz CT molecular complexity index is 960. The molecule has 3 heterocycles. The Kier molecular flexibility index (Phi) is 4.76. The number of carbonyl (C=O) groups excluding carboxylic acids is 1. The molecule has 4 rings (SSSR count). The standard InChI is InChI=1S/C19H21ClN4O5/c1-9(26)16-14-6-13(17(19(28)29)24(14)18(16)27)10-3-11(20)5-12(4-10)23-8-22(2)15(7-25)21-23/h3-5,9,14,16,25-26H,6-8H2,1-2H3,(H,28,29). The van der Waals surface area contributed by atoms with Crippen molar-refractivity contribution in [2.45, 2.75) is 25.5 Å². The van der Waals surface area contributed by atoms with Gasteiger partial charge < -0.3 is 25.1 Å². The number of amidine groups is 1. The van der Waals surface area contributed by atoms with Crippen molar-refractivity contribution in [1.82, 2.24) is 9.80 Å². The number of aliphatic hydroxyl groups excluding tert-OH is 2. The van der Waals surface area contributed by atoms with Crippen molar-refractivity contribution >= 4 is 40.6 Å². The average molecular weight is 421 g/mol. The summed E-state index contributed by atoms with van der Waals surface area (Å²) in [5.74, 6) is -1.67. The number of nitrogens with zero attached hydrogens (tertiary/aromatic N) is 4. The third kappa shape index (κ3) is 3.06. The number of fused-ring (bicyclic) bond motifs is 1. The van der Waals surface area contributed by atoms with E-state index in [0.717, 1.165) is 0 Å². The van der Waals surface area contributed by atoms with Gasteiger partial charge in [-0.15, -0.1) is 0 Å². The Morgan fingerprint density at radius 1 is 1.38 bits per heavy atom. The van der Waals surface area contributed by atoms with Crippen LogP contribution in [-0.4, -0.2) is 75.3 Å². The predicted octanol–water partition coefficient (Wildman–Crippen LogP) is 0.762. The van der Waals surface area contributed by atoms with Crippen LogP contribution >= 0.6 is 11.6 Å². The monoisotopic (exact) mass is 420 g/mol. The number of aliphatic carboxylic acids is 1. The number of likely N-dealkylation sites (N-methyl/N-ethyl adjacent to an activating group) is 1. The van der Waals surface area contributed by atoms with E-state index in [1.807, 2.05) is 0 Å². The minimum absolute atomic E-state index is 0.0665. The molecule has 3 aliphatic rings. The number of carbonyl (C=O) groups is 2. The molecule has 9 nitrogen and oxygen atoms in total. The molecule has 0 aromatic heterocycles. The number of anilines is 1. The Labute approximate surface area is 172 Å². The van der Waals surface area contributed by atoms with E-state index < -0.39 is 18.0 Å². The Balaban J connectivity index is 1.74. The van der Waals surface area contributed by atoms with Crippen LogP contribution in [0.2, 0.25) is 5.02 Å². The molecule has 29 heavy (non-hydrogen) atoms. The molecular formula is C19H21ClN4O5. The molecule has 0 radical (unpaired) electrons. The summed E-state index contributed by atoms with van der Waals surface area (Å²) in [7, 11) is 1.80. The Morgan fingerprint density at radius 3 is 2.69 bits per heavy atom. The molecule has 1 saturated heterocycles. The van der Waals surface area contributed by atoms with Crippen LogP contribution in [-0.2, 0) is 9.59 Å². The summed E-state index contributed by atoms with van der Waals surface area (Å²) in [4.78, 5) is 27.4. The second kappa shape index (κ2) is 7.01. The van der Waals surface area contributed by atoms with Gasteiger partial charge >= 0.3 is 5.97 Å². The van der Waals surface area contributed by atoms with Gasteiger partial charge in [0.15, 0.2) is 5.84 Å². The van der Waals surface area contributed by atoms with Crippen molar-refractivity contribution in [3.8, 4) is 0 Å². The van der Waals surface area contributed by atoms with Gasteiger partial charge in [0.05, 0.1) is 23.8 Å². The quantitative estimate of drug-likeness (QED) is 0.602. The van der Waals surface area contributed by atoms with E-state index in [0.29, 0.717) is 40.8 Å². The molecule has 1 aromatic rings. The summed E-state index contributed by atoms with van der Waals surface area (Å²) in [6.45, 7) is 1.75. The first-order valence-electron chi connectivity index (χ1n) is 9.18. The lowest BCUT2D eigenvalue weighted by molar-refractivity contribution is -0.161. The summed E-state index contributed by atoms with van der Waals surface area (Å²) in [5.41, 5.74) is 1.67. The van der Waals surface area contributed by atoms with Gasteiger partial charge in [0, 0.05) is 12.1 Å². The molecule has 1 aromatic carbocycles. The zero-order valence-electron chi connectivity index (χ0n) is 15.9. The number of rotatable bonds is 5. The van der Waals surface area contributed by atoms with Gasteiger partial charge in [-0.1, -0.05) is 11.6 Å². The molecule has 0 saturated carbocycles. The summed E-state index contributed by atoms with van der Waals surface area (Å²) in [6.07, 6.45) is -0.521. The molecule has 1 amide bonds. The first-order chi connectivity index (χ1) is 13.7. The highest BCUT2D eigenvalue weighted by Gasteiger charge is 2.56. The van der Waals surface area contributed by atoms with Crippen molar-refractivity contribution in [3.05, 3.63) is 34.5 Å². The highest BCUT2D eigenvalue weighted by molar-refractivity contribution is 6.31. The smallest absolute Gasteiger partial charge is 0.352 e. The average Bonchev–Trinajstić information content (AvgIpc) is 3.19. The molecule has 0 bridgehead atoms. The lowest BCUT2D eigenvalue weighted by Gasteiger charge is -2.44. The normalized spacial score (nSPS) is 24.7. The number of carboxylic acids is 1. The number of amides is 1. The zero-order valence-corrected chi connectivity index (χ0v) is 16.7. The highest BCUT2D eigenvalue weighted by atomic mass is 35.5. The second-order valence-corrected chi connectivity index (χ2v) is 7.93. The van der Waals surface area contributed by atoms with Gasteiger partial charge in [-0.3, -0.25) is 4.79 Å². The van der Waals surface area contributed by atoms with E-state index in [1.54, 1.807) is 35.2 Å². The molecule has 3 unspecified atom stereocenters. The van der Waals surface area contributed by atoms with Crippen LogP contribution in [0.25, 0.3) is 5.57 Å². The Morgan fingerprint density at radius 2 is 2.10 bits per heavy atom. The fraction of sp³-hybridized carbons (Fsp3) is 0.421. The number of β-lactam (4-membered cyclic amide) rings is 1. The molecule has 1 fully saturated rings. The van der Waals surface area contributed by atoms with Crippen LogP contribution in [0.3, 0.4) is 0 Å². The number of hydrogen-bond acceptors (Lipinski definition) is 7. The molecule has 10 heteroatoms. The van der Waals surface area contributed by atoms with Crippen LogP contribution in [0.5, 0.6) is 0 Å². The summed E-state index contributed by atoms with van der Waals surface area (Å²) in [5, 5.41) is 35.4. The van der Waals surface area contributed by atoms with Crippen molar-refractivity contribution in [2.24, 2.45) is 11.0 Å². The van der Waals surface area contributed by atoms with E-state index in [4.69, 9.17) is 11.6 Å². The first kappa shape index (κ1) is 19.7. The fourth-order valence-electron chi connectivity index (χ4n) is 4.25. The molecular weight excluding hydrogens is 400 g/mol. The lowest BCUT2D eigenvalue weighted by Crippen LogP contribution is -2.61. The molecule has 0 spiro atoms. The summed E-state index contributed by atoms with van der Waals surface area (Å²) in [6, 6.07) is 4.77. The van der Waals surface area contributed by atoms with E-state index in [-0.39, 0.29) is 24.3 Å². The minimum atomic E-state index is -1.19. The third-order valence-corrected chi connectivity index (χ3v) is 5.84. The van der Waals surface area contributed by atoms with Crippen LogP contribution < -0.4 is 5.01 Å². The molecule has 3 atom stereocenters. The topological polar surface area (TPSA) is 117 Å². The highest BCUT2D eigenvalue weighted by Crippen LogP contribution is 2.47. The maximum atomic E-state index is 12.4. The van der Waals surface area contributed by atoms with Crippen LogP contribution in [0.4, 0.5) is 5.69 Å². The van der Waals surface area contributed by atoms with E-state index in [2.05, 4.69) is 5.10 Å². The predicted molar refractivity (Wildman–Crippen MR) is 106 cm³/mol. The molecule has 3 aliphatic heterocycles. The number of halogens is 1. The summed E-state index contributed by atoms with van der Waals surface area (Å²) < 4.78 is 0. The molecule has 0 aliphatic carbocycles. The number of aliphatic hydroxyl groups is 2. The third-order valence-electron chi connectivity index (χ3n) is 5.62. The van der Waals surface area contributed by atoms with Gasteiger partial charge in [-0.2, -0.15) is 5.10 Å². The lowest BCUT2D eigenvalue weighted by atomic mass is 9.82. The van der Waals surface area contributed by atoms with Crippen molar-refractivity contribution in [3.63, 3.8) is 0 Å². The summed E-state index contributed by atoms with van der Waals surface area (Å²) >= 11 is 6.31. The fourth-order valence-corrected chi connectivity index (χ4v) is 4.48. The van der Waals surface area contributed by atoms with Gasteiger partial charge in [-0.25, -0.2) is 9.80 Å². The number of benzene rings is 1. The number of hydrazone groups is 1. The second-order valence-electron chi connectivity index (χ2n) is 7.49. The maximum Gasteiger partial charge on any atom is 0.352 e. The number of hydrogen-bond donors (Lipinski definition) is 3. The van der Waals surface area contributed by atoms with Crippen molar-refractivity contribution in [2.75, 3.05) is 25.3 Å². The Hall–Kier alpha value is -2.62. The van der Waals surface area contributed by atoms with Gasteiger partial charge in [0.2, 0.25) is 5.91 Å². The number of carboxylic acid groups (broad SMARTS) is 1. The van der Waals surface area contributed by atoms with Crippen LogP contribution in [0.1, 0.15) is 18.9 Å². The SMILES string of the molecule is CC(O)C1C(=O)N2C(C(=O)O)=C(c3cc(Cl)cc(N4CN(C)C(CO)=N4)c3)CC12. The van der Waals surface area contributed by atoms with E-state index in [1.165, 1.54) is 11.8 Å². The van der Waals surface area contributed by atoms with Gasteiger partial charge in [0.25, 0.3) is 0 Å². The van der Waals surface area contributed by atoms with Crippen LogP contribution in [0, 0.1) is 5.92 Å². The van der Waals surface area contributed by atoms with E-state index >= 15 is 0 Å². The zero-order chi connectivity index (χ0) is 21.0. The van der Waals surface area contributed by atoms with Gasteiger partial charge in [-0.05, 0) is 42.7 Å². The van der Waals surface area contributed by atoms with Crippen molar-refractivity contribution < 1.29 is 24.9 Å². The van der Waals surface area contributed by atoms with E-state index in [9.17, 15) is 24.9 Å². The first-order valence-corrected chi connectivity index (χ1v) is 9.56. The maximum absolute atomic E-state index is 12.4. The van der Waals surface area contributed by atoms with Gasteiger partial charge in [0.1, 0.15) is 19.0 Å². The van der Waals surface area contributed by atoms with Crippen molar-refractivity contribution in [1.29, 1.82) is 0 Å². The largest absolute Gasteiger partial charge is 0.477 e. The minimum Gasteiger partial charge on any atom is -0.477 e. The molecule has 3 N–H and O–H groups in total. The molecule has 154 valence electrons. The van der Waals surface area contributed by atoms with Crippen LogP contribution in [0.15, 0.2) is 29.0 Å².